The second-order valence-corrected chi connectivity index (χ2v) is 8.39. The number of carbonyl (C=O) groups excluding carboxylic acids is 2. The highest BCUT2D eigenvalue weighted by Gasteiger charge is 2.20. The predicted octanol–water partition coefficient (Wildman–Crippen LogP) is 5.61. The first-order valence-electron chi connectivity index (χ1n) is 9.96. The fourth-order valence-corrected chi connectivity index (χ4v) is 4.56. The number of benzene rings is 3. The van der Waals surface area contributed by atoms with Crippen molar-refractivity contribution in [3.05, 3.63) is 99.9 Å². The van der Waals surface area contributed by atoms with E-state index >= 15 is 0 Å². The van der Waals surface area contributed by atoms with Crippen LogP contribution in [0.5, 0.6) is 5.75 Å². The highest BCUT2D eigenvalue weighted by molar-refractivity contribution is 7.21. The van der Waals surface area contributed by atoms with Crippen LogP contribution in [0.15, 0.2) is 84.0 Å². The molecule has 1 aromatic heterocycles. The molecule has 0 saturated heterocycles. The zero-order valence-corrected chi connectivity index (χ0v) is 19.1. The summed E-state index contributed by atoms with van der Waals surface area (Å²) in [6.07, 6.45) is 0.732. The minimum Gasteiger partial charge on any atom is -0.422 e. The maximum Gasteiger partial charge on any atom is 0.355 e. The molecule has 8 heteroatoms. The van der Waals surface area contributed by atoms with Crippen molar-refractivity contribution in [3.63, 3.8) is 0 Å². The summed E-state index contributed by atoms with van der Waals surface area (Å²) < 4.78 is 11.7. The van der Waals surface area contributed by atoms with E-state index in [4.69, 9.17) is 21.1 Å². The van der Waals surface area contributed by atoms with Crippen LogP contribution in [0.4, 0.5) is 0 Å². The number of hydrogen-bond donors (Lipinski definition) is 1. The zero-order chi connectivity index (χ0) is 23.2. The van der Waals surface area contributed by atoms with E-state index in [0.717, 1.165) is 15.6 Å². The second kappa shape index (κ2) is 10.4. The number of fused-ring (bicyclic) bond motifs is 1. The Kier molecular flexibility index (Phi) is 7.14. The standard InChI is InChI=1S/C25H19ClN2O4S/c1-31-22(17-7-3-2-4-8-17)24(29)28-27-15-16-11-13-18(14-12-16)32-25(30)23-21(26)19-9-5-6-10-20(19)33-23/h2-15,22H,1H3,(H,28,29)/b27-15+. The molecule has 0 aliphatic rings. The number of thiophene rings is 1. The Bertz CT molecular complexity index is 1300. The largest absolute Gasteiger partial charge is 0.422 e. The molecule has 1 atom stereocenters. The number of halogens is 1. The number of methoxy groups -OCH3 is 1. The van der Waals surface area contributed by atoms with E-state index in [-0.39, 0.29) is 5.91 Å². The first-order valence-corrected chi connectivity index (χ1v) is 11.2. The van der Waals surface area contributed by atoms with Crippen LogP contribution in [0.3, 0.4) is 0 Å². The van der Waals surface area contributed by atoms with Crippen LogP contribution in [-0.4, -0.2) is 25.2 Å². The molecule has 0 radical (unpaired) electrons. The average Bonchev–Trinajstić information content (AvgIpc) is 3.18. The quantitative estimate of drug-likeness (QED) is 0.162. The lowest BCUT2D eigenvalue weighted by atomic mass is 10.1. The Hall–Kier alpha value is -3.52. The number of rotatable bonds is 7. The SMILES string of the molecule is COC(C(=O)N/N=C/c1ccc(OC(=O)c2sc3ccccc3c2Cl)cc1)c1ccccc1. The summed E-state index contributed by atoms with van der Waals surface area (Å²) in [7, 11) is 1.47. The Balaban J connectivity index is 1.37. The Morgan fingerprint density at radius 2 is 1.70 bits per heavy atom. The van der Waals surface area contributed by atoms with Gasteiger partial charge in [-0.2, -0.15) is 5.10 Å². The van der Waals surface area contributed by atoms with Crippen molar-refractivity contribution in [1.29, 1.82) is 0 Å². The molecular formula is C25H19ClN2O4S. The Morgan fingerprint density at radius 1 is 1.00 bits per heavy atom. The third-order valence-corrected chi connectivity index (χ3v) is 6.43. The smallest absolute Gasteiger partial charge is 0.355 e. The normalized spacial score (nSPS) is 12.1. The third kappa shape index (κ3) is 5.28. The number of hydrazone groups is 1. The molecular weight excluding hydrogens is 460 g/mol. The van der Waals surface area contributed by atoms with E-state index in [1.165, 1.54) is 24.7 Å². The van der Waals surface area contributed by atoms with Gasteiger partial charge in [0.2, 0.25) is 0 Å². The molecule has 1 heterocycles. The van der Waals surface area contributed by atoms with Crippen LogP contribution in [0.2, 0.25) is 5.02 Å². The first kappa shape index (κ1) is 22.7. The van der Waals surface area contributed by atoms with Gasteiger partial charge in [-0.05, 0) is 41.5 Å². The van der Waals surface area contributed by atoms with Gasteiger partial charge in [0.15, 0.2) is 6.10 Å². The van der Waals surface area contributed by atoms with Crippen molar-refractivity contribution in [2.75, 3.05) is 7.11 Å². The van der Waals surface area contributed by atoms with E-state index in [0.29, 0.717) is 21.2 Å². The number of amides is 1. The second-order valence-electron chi connectivity index (χ2n) is 6.96. The molecule has 0 aliphatic heterocycles. The van der Waals surface area contributed by atoms with Crippen molar-refractivity contribution in [3.8, 4) is 5.75 Å². The summed E-state index contributed by atoms with van der Waals surface area (Å²) in [5.41, 5.74) is 3.92. The average molecular weight is 479 g/mol. The van der Waals surface area contributed by atoms with E-state index in [1.54, 1.807) is 24.3 Å². The highest BCUT2D eigenvalue weighted by Crippen LogP contribution is 2.35. The Morgan fingerprint density at radius 3 is 2.39 bits per heavy atom. The number of hydrogen-bond acceptors (Lipinski definition) is 6. The zero-order valence-electron chi connectivity index (χ0n) is 17.5. The Labute approximate surface area is 199 Å². The molecule has 1 unspecified atom stereocenters. The van der Waals surface area contributed by atoms with E-state index in [1.807, 2.05) is 54.6 Å². The number of ether oxygens (including phenoxy) is 2. The van der Waals surface area contributed by atoms with Crippen LogP contribution in [0, 0.1) is 0 Å². The van der Waals surface area contributed by atoms with Gasteiger partial charge in [0.05, 0.1) is 11.2 Å². The van der Waals surface area contributed by atoms with Gasteiger partial charge in [-0.3, -0.25) is 4.79 Å². The van der Waals surface area contributed by atoms with Crippen molar-refractivity contribution in [2.45, 2.75) is 6.10 Å². The van der Waals surface area contributed by atoms with E-state index < -0.39 is 12.1 Å². The molecule has 4 aromatic rings. The molecule has 6 nitrogen and oxygen atoms in total. The van der Waals surface area contributed by atoms with Crippen LogP contribution in [0.1, 0.15) is 26.9 Å². The fraction of sp³-hybridized carbons (Fsp3) is 0.0800. The minimum atomic E-state index is -0.758. The first-order chi connectivity index (χ1) is 16.1. The number of carbonyl (C=O) groups is 2. The molecule has 1 amide bonds. The van der Waals surface area contributed by atoms with Crippen LogP contribution in [0.25, 0.3) is 10.1 Å². The van der Waals surface area contributed by atoms with Crippen LogP contribution in [-0.2, 0) is 9.53 Å². The minimum absolute atomic E-state index is 0.359. The van der Waals surface area contributed by atoms with Crippen molar-refractivity contribution >= 4 is 51.1 Å². The number of esters is 1. The molecule has 4 rings (SSSR count). The van der Waals surface area contributed by atoms with Gasteiger partial charge >= 0.3 is 5.97 Å². The van der Waals surface area contributed by atoms with Gasteiger partial charge in [0, 0.05) is 17.2 Å². The van der Waals surface area contributed by atoms with E-state index in [2.05, 4.69) is 10.5 Å². The summed E-state index contributed by atoms with van der Waals surface area (Å²) in [5, 5.41) is 5.20. The fourth-order valence-electron chi connectivity index (χ4n) is 3.17. The van der Waals surface area contributed by atoms with Gasteiger partial charge < -0.3 is 9.47 Å². The molecule has 166 valence electrons. The van der Waals surface area contributed by atoms with Gasteiger partial charge in [-0.1, -0.05) is 60.1 Å². The summed E-state index contributed by atoms with van der Waals surface area (Å²) in [5.74, 6) is -0.523. The third-order valence-electron chi connectivity index (χ3n) is 4.78. The monoisotopic (exact) mass is 478 g/mol. The topological polar surface area (TPSA) is 77.0 Å². The molecule has 0 bridgehead atoms. The van der Waals surface area contributed by atoms with Crippen LogP contribution >= 0.6 is 22.9 Å². The molecule has 0 fully saturated rings. The van der Waals surface area contributed by atoms with Gasteiger partial charge in [-0.15, -0.1) is 11.3 Å². The molecule has 33 heavy (non-hydrogen) atoms. The maximum atomic E-state index is 12.6. The summed E-state index contributed by atoms with van der Waals surface area (Å²) in [6, 6.07) is 23.4. The lowest BCUT2D eigenvalue weighted by Gasteiger charge is -2.13. The number of nitrogens with one attached hydrogen (secondary N) is 1. The molecule has 1 N–H and O–H groups in total. The van der Waals surface area contributed by atoms with Gasteiger partial charge in [-0.25, -0.2) is 10.2 Å². The summed E-state index contributed by atoms with van der Waals surface area (Å²) >= 11 is 7.64. The molecule has 3 aromatic carbocycles. The van der Waals surface area contributed by atoms with Crippen molar-refractivity contribution in [2.24, 2.45) is 5.10 Å². The number of nitrogens with zero attached hydrogens (tertiary/aromatic N) is 1. The highest BCUT2D eigenvalue weighted by atomic mass is 35.5. The van der Waals surface area contributed by atoms with Crippen molar-refractivity contribution < 1.29 is 19.1 Å². The molecule has 0 saturated carbocycles. The summed E-state index contributed by atoms with van der Waals surface area (Å²) in [6.45, 7) is 0. The molecule has 0 spiro atoms. The van der Waals surface area contributed by atoms with Gasteiger partial charge in [0.25, 0.3) is 5.91 Å². The van der Waals surface area contributed by atoms with Crippen molar-refractivity contribution in [1.82, 2.24) is 5.43 Å². The van der Waals surface area contributed by atoms with Gasteiger partial charge in [0.1, 0.15) is 10.6 Å². The maximum absolute atomic E-state index is 12.6. The predicted molar refractivity (Wildman–Crippen MR) is 130 cm³/mol. The van der Waals surface area contributed by atoms with E-state index in [9.17, 15) is 9.59 Å². The lowest BCUT2D eigenvalue weighted by Crippen LogP contribution is -2.26. The summed E-state index contributed by atoms with van der Waals surface area (Å²) in [4.78, 5) is 25.3. The van der Waals surface area contributed by atoms with Crippen LogP contribution < -0.4 is 10.2 Å². The lowest BCUT2D eigenvalue weighted by molar-refractivity contribution is -0.131. The molecule has 0 aliphatic carbocycles.